The van der Waals surface area contributed by atoms with E-state index in [-0.39, 0.29) is 11.8 Å². The summed E-state index contributed by atoms with van der Waals surface area (Å²) in [6, 6.07) is 5.88. The topological polar surface area (TPSA) is 45.3 Å². The number of amides is 1. The third-order valence-electron chi connectivity index (χ3n) is 4.66. The fourth-order valence-electron chi connectivity index (χ4n) is 3.49. The van der Waals surface area contributed by atoms with Crippen molar-refractivity contribution < 1.29 is 9.53 Å². The molecule has 2 heterocycles. The van der Waals surface area contributed by atoms with Gasteiger partial charge in [0.15, 0.2) is 0 Å². The summed E-state index contributed by atoms with van der Waals surface area (Å²) in [5, 5.41) is 1.86. The lowest BCUT2D eigenvalue weighted by Crippen LogP contribution is -2.41. The van der Waals surface area contributed by atoms with E-state index in [4.69, 9.17) is 16.3 Å². The summed E-state index contributed by atoms with van der Waals surface area (Å²) in [6.07, 6.45) is 3.56. The van der Waals surface area contributed by atoms with Crippen LogP contribution in [0.5, 0.6) is 0 Å². The Hall–Kier alpha value is -1.52. The Bertz CT molecular complexity index is 704. The maximum atomic E-state index is 12.7. The number of hydrogen-bond acceptors (Lipinski definition) is 2. The highest BCUT2D eigenvalue weighted by molar-refractivity contribution is 6.31. The first kappa shape index (κ1) is 17.3. The number of aromatic nitrogens is 1. The Morgan fingerprint density at radius 1 is 1.33 bits per heavy atom. The molecule has 0 radical (unpaired) electrons. The molecule has 1 atom stereocenters. The average Bonchev–Trinajstić information content (AvgIpc) is 2.97. The molecule has 1 aromatic carbocycles. The van der Waals surface area contributed by atoms with Gasteiger partial charge >= 0.3 is 0 Å². The number of carbonyl (C=O) groups is 1. The van der Waals surface area contributed by atoms with E-state index in [1.807, 2.05) is 29.3 Å². The maximum Gasteiger partial charge on any atom is 0.223 e. The lowest BCUT2D eigenvalue weighted by molar-refractivity contribution is -0.135. The molecule has 1 N–H and O–H groups in total. The number of carbonyl (C=O) groups excluding carboxylic acids is 1. The summed E-state index contributed by atoms with van der Waals surface area (Å²) in [4.78, 5) is 18.0. The van der Waals surface area contributed by atoms with Gasteiger partial charge < -0.3 is 14.6 Å². The molecule has 0 aliphatic carbocycles. The third-order valence-corrected chi connectivity index (χ3v) is 4.89. The SMILES string of the molecule is CC(C)C[C@H](CC(=O)N1CCOCC1)c1c[nH]c2ccc(Cl)cc12. The number of morpholine rings is 1. The van der Waals surface area contributed by atoms with Crippen molar-refractivity contribution in [1.82, 2.24) is 9.88 Å². The standard InChI is InChI=1S/C19H25ClN2O2/c1-13(2)9-14(10-19(23)22-5-7-24-8-6-22)17-12-21-18-4-3-15(20)11-16(17)18/h3-4,11-14,21H,5-10H2,1-2H3/t14-/m1/s1. The quantitative estimate of drug-likeness (QED) is 0.880. The van der Waals surface area contributed by atoms with Crippen LogP contribution in [0.4, 0.5) is 0 Å². The van der Waals surface area contributed by atoms with Crippen LogP contribution in [0.2, 0.25) is 5.02 Å². The molecule has 1 aromatic heterocycles. The number of aromatic amines is 1. The first-order valence-electron chi connectivity index (χ1n) is 8.66. The monoisotopic (exact) mass is 348 g/mol. The lowest BCUT2D eigenvalue weighted by Gasteiger charge is -2.29. The number of benzene rings is 1. The van der Waals surface area contributed by atoms with Crippen LogP contribution in [0.25, 0.3) is 10.9 Å². The summed E-state index contributed by atoms with van der Waals surface area (Å²) in [7, 11) is 0. The molecule has 0 unspecified atom stereocenters. The zero-order valence-corrected chi connectivity index (χ0v) is 15.1. The summed E-state index contributed by atoms with van der Waals surface area (Å²) in [5.41, 5.74) is 2.27. The van der Waals surface area contributed by atoms with Crippen molar-refractivity contribution >= 4 is 28.4 Å². The minimum atomic E-state index is 0.201. The number of rotatable bonds is 5. The van der Waals surface area contributed by atoms with Gasteiger partial charge in [0.2, 0.25) is 5.91 Å². The largest absolute Gasteiger partial charge is 0.378 e. The second-order valence-corrected chi connectivity index (χ2v) is 7.39. The second-order valence-electron chi connectivity index (χ2n) is 6.96. The van der Waals surface area contributed by atoms with Gasteiger partial charge in [0.1, 0.15) is 0 Å². The molecule has 4 nitrogen and oxygen atoms in total. The Balaban J connectivity index is 1.84. The van der Waals surface area contributed by atoms with Gasteiger partial charge in [-0.2, -0.15) is 0 Å². The molecule has 1 aliphatic rings. The maximum absolute atomic E-state index is 12.7. The number of halogens is 1. The zero-order chi connectivity index (χ0) is 17.1. The highest BCUT2D eigenvalue weighted by Crippen LogP contribution is 2.34. The fraction of sp³-hybridized carbons (Fsp3) is 0.526. The van der Waals surface area contributed by atoms with Crippen molar-refractivity contribution in [2.24, 2.45) is 5.92 Å². The van der Waals surface area contributed by atoms with E-state index < -0.39 is 0 Å². The van der Waals surface area contributed by atoms with Crippen LogP contribution in [-0.2, 0) is 9.53 Å². The Morgan fingerprint density at radius 2 is 2.08 bits per heavy atom. The molecule has 3 rings (SSSR count). The van der Waals surface area contributed by atoms with Crippen LogP contribution >= 0.6 is 11.6 Å². The summed E-state index contributed by atoms with van der Waals surface area (Å²) in [5.74, 6) is 0.949. The van der Waals surface area contributed by atoms with Crippen LogP contribution in [0, 0.1) is 5.92 Å². The van der Waals surface area contributed by atoms with E-state index in [9.17, 15) is 4.79 Å². The molecule has 24 heavy (non-hydrogen) atoms. The molecule has 0 spiro atoms. The highest BCUT2D eigenvalue weighted by Gasteiger charge is 2.24. The Morgan fingerprint density at radius 3 is 2.79 bits per heavy atom. The van der Waals surface area contributed by atoms with Crippen molar-refractivity contribution in [3.05, 3.63) is 35.0 Å². The van der Waals surface area contributed by atoms with Crippen molar-refractivity contribution in [2.45, 2.75) is 32.6 Å². The van der Waals surface area contributed by atoms with Crippen LogP contribution in [0.3, 0.4) is 0 Å². The van der Waals surface area contributed by atoms with Crippen LogP contribution in [-0.4, -0.2) is 42.1 Å². The number of fused-ring (bicyclic) bond motifs is 1. The van der Waals surface area contributed by atoms with Crippen LogP contribution in [0.1, 0.15) is 38.2 Å². The molecule has 1 aliphatic heterocycles. The Labute approximate surface area is 148 Å². The van der Waals surface area contributed by atoms with E-state index in [0.717, 1.165) is 22.3 Å². The predicted molar refractivity (Wildman–Crippen MR) is 97.5 cm³/mol. The molecular weight excluding hydrogens is 324 g/mol. The number of nitrogens with one attached hydrogen (secondary N) is 1. The predicted octanol–water partition coefficient (Wildman–Crippen LogP) is 4.20. The molecule has 2 aromatic rings. The van der Waals surface area contributed by atoms with Crippen LogP contribution in [0.15, 0.2) is 24.4 Å². The van der Waals surface area contributed by atoms with Gasteiger partial charge in [-0.1, -0.05) is 25.4 Å². The molecule has 0 saturated carbocycles. The average molecular weight is 349 g/mol. The van der Waals surface area contributed by atoms with Gasteiger partial charge in [0, 0.05) is 41.6 Å². The van der Waals surface area contributed by atoms with Crippen molar-refractivity contribution in [1.29, 1.82) is 0 Å². The van der Waals surface area contributed by atoms with Crippen LogP contribution < -0.4 is 0 Å². The molecule has 1 amide bonds. The van der Waals surface area contributed by atoms with Gasteiger partial charge in [0.05, 0.1) is 13.2 Å². The summed E-state index contributed by atoms with van der Waals surface area (Å²) in [6.45, 7) is 7.09. The minimum Gasteiger partial charge on any atom is -0.378 e. The smallest absolute Gasteiger partial charge is 0.223 e. The normalized spacial score (nSPS) is 16.8. The second kappa shape index (κ2) is 7.58. The Kier molecular flexibility index (Phi) is 5.47. The van der Waals surface area contributed by atoms with Crippen molar-refractivity contribution in [2.75, 3.05) is 26.3 Å². The first-order valence-corrected chi connectivity index (χ1v) is 9.04. The van der Waals surface area contributed by atoms with Gasteiger partial charge in [0.25, 0.3) is 0 Å². The third kappa shape index (κ3) is 3.93. The molecule has 1 fully saturated rings. The number of hydrogen-bond donors (Lipinski definition) is 1. The van der Waals surface area contributed by atoms with Gasteiger partial charge in [-0.15, -0.1) is 0 Å². The van der Waals surface area contributed by atoms with Crippen molar-refractivity contribution in [3.63, 3.8) is 0 Å². The number of nitrogens with zero attached hydrogens (tertiary/aromatic N) is 1. The van der Waals surface area contributed by atoms with Crippen molar-refractivity contribution in [3.8, 4) is 0 Å². The molecule has 0 bridgehead atoms. The van der Waals surface area contributed by atoms with E-state index in [1.54, 1.807) is 0 Å². The lowest BCUT2D eigenvalue weighted by atomic mass is 9.87. The minimum absolute atomic E-state index is 0.201. The van der Waals surface area contributed by atoms with E-state index in [2.05, 4.69) is 18.8 Å². The molecular formula is C19H25ClN2O2. The van der Waals surface area contributed by atoms with E-state index in [1.165, 1.54) is 5.56 Å². The van der Waals surface area contributed by atoms with Gasteiger partial charge in [-0.25, -0.2) is 0 Å². The summed E-state index contributed by atoms with van der Waals surface area (Å²) >= 11 is 6.18. The van der Waals surface area contributed by atoms with E-state index in [0.29, 0.717) is 38.6 Å². The first-order chi connectivity index (χ1) is 11.5. The molecule has 130 valence electrons. The number of ether oxygens (including phenoxy) is 1. The van der Waals surface area contributed by atoms with Gasteiger partial charge in [-0.05, 0) is 42.0 Å². The fourth-order valence-corrected chi connectivity index (χ4v) is 3.67. The summed E-state index contributed by atoms with van der Waals surface area (Å²) < 4.78 is 5.35. The molecule has 1 saturated heterocycles. The highest BCUT2D eigenvalue weighted by atomic mass is 35.5. The van der Waals surface area contributed by atoms with Gasteiger partial charge in [-0.3, -0.25) is 4.79 Å². The van der Waals surface area contributed by atoms with E-state index >= 15 is 0 Å². The zero-order valence-electron chi connectivity index (χ0n) is 14.3. The molecule has 5 heteroatoms. The number of H-pyrrole nitrogens is 1.